The minimum atomic E-state index is -0.836. The Morgan fingerprint density at radius 2 is 1.89 bits per heavy atom. The van der Waals surface area contributed by atoms with Gasteiger partial charge in [0.1, 0.15) is 11.8 Å². The van der Waals surface area contributed by atoms with Crippen LogP contribution in [-0.2, 0) is 19.1 Å². The molecule has 1 unspecified atom stereocenters. The number of hydrogen-bond donors (Lipinski definition) is 2. The molecule has 8 heteroatoms. The van der Waals surface area contributed by atoms with Gasteiger partial charge in [-0.1, -0.05) is 13.8 Å². The molecule has 1 aliphatic rings. The van der Waals surface area contributed by atoms with Gasteiger partial charge in [0.25, 0.3) is 0 Å². The summed E-state index contributed by atoms with van der Waals surface area (Å²) in [5.74, 6) is -0.269. The molecule has 1 aromatic rings. The van der Waals surface area contributed by atoms with Crippen LogP contribution in [0.4, 0.5) is 5.69 Å². The second-order valence-electron chi connectivity index (χ2n) is 6.54. The summed E-state index contributed by atoms with van der Waals surface area (Å²) in [6, 6.07) is 6.51. The highest BCUT2D eigenvalue weighted by Crippen LogP contribution is 2.16. The molecule has 1 saturated heterocycles. The van der Waals surface area contributed by atoms with Crippen molar-refractivity contribution in [1.82, 2.24) is 10.2 Å². The molecule has 154 valence electrons. The van der Waals surface area contributed by atoms with Crippen molar-refractivity contribution in [2.75, 3.05) is 38.2 Å². The predicted octanol–water partition coefficient (Wildman–Crippen LogP) is 1.56. The summed E-state index contributed by atoms with van der Waals surface area (Å²) in [4.78, 5) is 38.2. The smallest absolute Gasteiger partial charge is 0.308 e. The van der Waals surface area contributed by atoms with Gasteiger partial charge in [0.05, 0.1) is 26.2 Å². The van der Waals surface area contributed by atoms with Gasteiger partial charge in [0, 0.05) is 18.8 Å². The van der Waals surface area contributed by atoms with Crippen LogP contribution in [0.3, 0.4) is 0 Å². The van der Waals surface area contributed by atoms with Gasteiger partial charge in [-0.25, -0.2) is 0 Å². The molecule has 1 aromatic carbocycles. The van der Waals surface area contributed by atoms with Crippen LogP contribution in [0.25, 0.3) is 0 Å². The Labute approximate surface area is 165 Å². The van der Waals surface area contributed by atoms with Gasteiger partial charge in [-0.15, -0.1) is 0 Å². The molecule has 1 fully saturated rings. The Morgan fingerprint density at radius 1 is 1.18 bits per heavy atom. The summed E-state index contributed by atoms with van der Waals surface area (Å²) < 4.78 is 10.6. The van der Waals surface area contributed by atoms with Crippen LogP contribution in [0.2, 0.25) is 0 Å². The van der Waals surface area contributed by atoms with E-state index in [2.05, 4.69) is 10.6 Å². The summed E-state index contributed by atoms with van der Waals surface area (Å²) in [6.07, 6.45) is 1.50. The first kappa shape index (κ1) is 21.5. The average molecular weight is 391 g/mol. The third-order valence-electron chi connectivity index (χ3n) is 4.25. The monoisotopic (exact) mass is 391 g/mol. The van der Waals surface area contributed by atoms with Crippen LogP contribution in [-0.4, -0.2) is 61.6 Å². The van der Waals surface area contributed by atoms with Gasteiger partial charge in [-0.05, 0) is 37.1 Å². The molecule has 0 saturated carbocycles. The number of piperazine rings is 1. The van der Waals surface area contributed by atoms with E-state index in [1.54, 1.807) is 0 Å². The van der Waals surface area contributed by atoms with Crippen LogP contribution in [0.5, 0.6) is 5.75 Å². The molecular formula is C20H29N3O5. The number of hydrogen-bond acceptors (Lipinski definition) is 6. The molecule has 2 rings (SSSR count). The van der Waals surface area contributed by atoms with E-state index >= 15 is 0 Å². The molecular weight excluding hydrogens is 362 g/mol. The van der Waals surface area contributed by atoms with Crippen LogP contribution in [0.1, 0.15) is 33.1 Å². The Morgan fingerprint density at radius 3 is 2.57 bits per heavy atom. The second-order valence-corrected chi connectivity index (χ2v) is 6.54. The molecule has 1 aliphatic heterocycles. The molecule has 2 N–H and O–H groups in total. The van der Waals surface area contributed by atoms with Crippen molar-refractivity contribution in [3.8, 4) is 5.75 Å². The number of nitrogens with zero attached hydrogens (tertiary/aromatic N) is 1. The highest BCUT2D eigenvalue weighted by molar-refractivity contribution is 5.93. The first-order chi connectivity index (χ1) is 13.5. The molecule has 0 aromatic heterocycles. The van der Waals surface area contributed by atoms with E-state index in [4.69, 9.17) is 9.47 Å². The summed E-state index contributed by atoms with van der Waals surface area (Å²) >= 11 is 0. The maximum atomic E-state index is 12.6. The third-order valence-corrected chi connectivity index (χ3v) is 4.25. The SMILES string of the molecule is CCCOC(=O)CC1C(=O)NCCN1C(=O)CNc1ccc(OCCC)cc1. The molecule has 0 aliphatic carbocycles. The lowest BCUT2D eigenvalue weighted by molar-refractivity contribution is -0.151. The number of nitrogens with one attached hydrogen (secondary N) is 2. The number of esters is 1. The normalized spacial score (nSPS) is 16.3. The van der Waals surface area contributed by atoms with E-state index in [9.17, 15) is 14.4 Å². The molecule has 28 heavy (non-hydrogen) atoms. The maximum absolute atomic E-state index is 12.6. The summed E-state index contributed by atoms with van der Waals surface area (Å²) in [6.45, 7) is 5.66. The Balaban J connectivity index is 1.90. The lowest BCUT2D eigenvalue weighted by Crippen LogP contribution is -2.58. The van der Waals surface area contributed by atoms with Crippen LogP contribution >= 0.6 is 0 Å². The van der Waals surface area contributed by atoms with Gasteiger partial charge in [0.2, 0.25) is 11.8 Å². The van der Waals surface area contributed by atoms with Crippen LogP contribution in [0, 0.1) is 0 Å². The zero-order valence-electron chi connectivity index (χ0n) is 16.5. The third kappa shape index (κ3) is 6.44. The largest absolute Gasteiger partial charge is 0.494 e. The van der Waals surface area contributed by atoms with Crippen molar-refractivity contribution >= 4 is 23.5 Å². The van der Waals surface area contributed by atoms with Crippen molar-refractivity contribution in [3.63, 3.8) is 0 Å². The molecule has 0 radical (unpaired) electrons. The topological polar surface area (TPSA) is 97.0 Å². The summed E-state index contributed by atoms with van der Waals surface area (Å²) in [5.41, 5.74) is 0.776. The predicted molar refractivity (Wildman–Crippen MR) is 105 cm³/mol. The number of carbonyl (C=O) groups excluding carboxylic acids is 3. The second kappa shape index (κ2) is 11.2. The first-order valence-electron chi connectivity index (χ1n) is 9.74. The van der Waals surface area contributed by atoms with Crippen molar-refractivity contribution in [3.05, 3.63) is 24.3 Å². The summed E-state index contributed by atoms with van der Waals surface area (Å²) in [5, 5.41) is 5.75. The van der Waals surface area contributed by atoms with Gasteiger partial charge < -0.3 is 25.0 Å². The fourth-order valence-corrected chi connectivity index (χ4v) is 2.82. The molecule has 2 amide bonds. The van der Waals surface area contributed by atoms with E-state index in [-0.39, 0.29) is 24.8 Å². The lowest BCUT2D eigenvalue weighted by Gasteiger charge is -2.34. The van der Waals surface area contributed by atoms with Crippen LogP contribution < -0.4 is 15.4 Å². The number of rotatable bonds is 10. The zero-order chi connectivity index (χ0) is 20.4. The Hall–Kier alpha value is -2.77. The van der Waals surface area contributed by atoms with E-state index in [1.165, 1.54) is 4.90 Å². The minimum Gasteiger partial charge on any atom is -0.494 e. The number of carbonyl (C=O) groups is 3. The van der Waals surface area contributed by atoms with Gasteiger partial charge in [-0.2, -0.15) is 0 Å². The molecule has 1 atom stereocenters. The molecule has 0 spiro atoms. The van der Waals surface area contributed by atoms with Gasteiger partial charge >= 0.3 is 5.97 Å². The van der Waals surface area contributed by atoms with Crippen molar-refractivity contribution in [2.45, 2.75) is 39.2 Å². The lowest BCUT2D eigenvalue weighted by atomic mass is 10.1. The van der Waals surface area contributed by atoms with E-state index in [0.717, 1.165) is 17.9 Å². The van der Waals surface area contributed by atoms with Crippen molar-refractivity contribution < 1.29 is 23.9 Å². The van der Waals surface area contributed by atoms with Gasteiger partial charge in [0.15, 0.2) is 0 Å². The zero-order valence-corrected chi connectivity index (χ0v) is 16.5. The Bertz CT molecular complexity index is 662. The van der Waals surface area contributed by atoms with Gasteiger partial charge in [-0.3, -0.25) is 14.4 Å². The number of amides is 2. The molecule has 1 heterocycles. The fourth-order valence-electron chi connectivity index (χ4n) is 2.82. The quantitative estimate of drug-likeness (QED) is 0.588. The number of anilines is 1. The maximum Gasteiger partial charge on any atom is 0.308 e. The standard InChI is InChI=1S/C20H29N3O5/c1-3-11-27-16-7-5-15(6-8-16)22-14-18(24)23-10-9-21-20(26)17(23)13-19(25)28-12-4-2/h5-8,17,22H,3-4,9-14H2,1-2H3,(H,21,26). The molecule has 8 nitrogen and oxygen atoms in total. The highest BCUT2D eigenvalue weighted by atomic mass is 16.5. The first-order valence-corrected chi connectivity index (χ1v) is 9.74. The van der Waals surface area contributed by atoms with E-state index in [0.29, 0.717) is 32.7 Å². The van der Waals surface area contributed by atoms with Crippen molar-refractivity contribution in [1.29, 1.82) is 0 Å². The average Bonchev–Trinajstić information content (AvgIpc) is 2.71. The highest BCUT2D eigenvalue weighted by Gasteiger charge is 2.34. The minimum absolute atomic E-state index is 0.0307. The summed E-state index contributed by atoms with van der Waals surface area (Å²) in [7, 11) is 0. The number of ether oxygens (including phenoxy) is 2. The number of benzene rings is 1. The molecule has 0 bridgehead atoms. The van der Waals surface area contributed by atoms with Crippen molar-refractivity contribution in [2.24, 2.45) is 0 Å². The van der Waals surface area contributed by atoms with E-state index in [1.807, 2.05) is 38.1 Å². The van der Waals surface area contributed by atoms with E-state index < -0.39 is 12.0 Å². The fraction of sp³-hybridized carbons (Fsp3) is 0.550. The Kier molecular flexibility index (Phi) is 8.58. The van der Waals surface area contributed by atoms with Crippen LogP contribution in [0.15, 0.2) is 24.3 Å².